The number of carbonyl (C=O) groups excluding carboxylic acids is 2. The van der Waals surface area contributed by atoms with Crippen molar-refractivity contribution in [3.05, 3.63) is 134 Å². The van der Waals surface area contributed by atoms with Crippen LogP contribution in [0.25, 0.3) is 0 Å². The van der Waals surface area contributed by atoms with Gasteiger partial charge in [0.2, 0.25) is 0 Å². The van der Waals surface area contributed by atoms with Crippen molar-refractivity contribution < 1.29 is 37.6 Å². The predicted molar refractivity (Wildman–Crippen MR) is 247 cm³/mol. The molecule has 0 aliphatic heterocycles. The molecule has 0 aromatic heterocycles. The first-order valence-electron chi connectivity index (χ1n) is 21.7. The third-order valence-electron chi connectivity index (χ3n) is 8.06. The highest BCUT2D eigenvalue weighted by molar-refractivity contribution is 7.47. The molecule has 59 heavy (non-hydrogen) atoms. The van der Waals surface area contributed by atoms with Gasteiger partial charge in [-0.05, 0) is 89.9 Å². The first-order valence-corrected chi connectivity index (χ1v) is 23.2. The summed E-state index contributed by atoms with van der Waals surface area (Å²) in [7, 11) is -4.42. The lowest BCUT2D eigenvalue weighted by molar-refractivity contribution is -0.160. The molecular weight excluding hydrogens is 762 g/mol. The molecule has 330 valence electrons. The molecule has 0 saturated carbocycles. The summed E-state index contributed by atoms with van der Waals surface area (Å²) in [6.45, 7) is 3.32. The van der Waals surface area contributed by atoms with E-state index in [4.69, 9.17) is 24.3 Å². The molecule has 0 aliphatic carbocycles. The minimum absolute atomic E-state index is 0.0289. The molecule has 0 bridgehead atoms. The Bertz CT molecular complexity index is 1420. The normalized spacial score (nSPS) is 14.6. The number of esters is 2. The second kappa shape index (κ2) is 43.7. The van der Waals surface area contributed by atoms with Gasteiger partial charge in [-0.15, -0.1) is 0 Å². The van der Waals surface area contributed by atoms with E-state index in [0.717, 1.165) is 89.9 Å². The summed E-state index contributed by atoms with van der Waals surface area (Å²) in [4.78, 5) is 34.8. The molecule has 0 aromatic carbocycles. The maximum atomic E-state index is 12.6. The van der Waals surface area contributed by atoms with Crippen molar-refractivity contribution in [2.75, 3.05) is 26.4 Å². The van der Waals surface area contributed by atoms with E-state index in [1.54, 1.807) is 6.08 Å². The molecule has 2 atom stereocenters. The van der Waals surface area contributed by atoms with E-state index < -0.39 is 32.5 Å². The van der Waals surface area contributed by atoms with E-state index in [1.165, 1.54) is 0 Å². The molecule has 2 unspecified atom stereocenters. The molecule has 0 saturated heterocycles. The highest BCUT2D eigenvalue weighted by Gasteiger charge is 2.25. The molecular formula is C49H76NO8P. The SMILES string of the molecule is CC/C=C\C/C=C\C/C=C\C/C=C\C/C=C\C/C=C\CCCCCCC(=O)OC(COC(=O)C/C=C\C/C=C\C/C=C\C/C=C\C/C=C\CC)COP(=O)(O)OCCN. The van der Waals surface area contributed by atoms with Crippen molar-refractivity contribution in [1.29, 1.82) is 0 Å². The van der Waals surface area contributed by atoms with Crippen LogP contribution in [0.3, 0.4) is 0 Å². The molecule has 0 aliphatic rings. The number of phosphoric acid groups is 1. The maximum absolute atomic E-state index is 12.6. The molecule has 0 fully saturated rings. The average Bonchev–Trinajstić information content (AvgIpc) is 3.22. The van der Waals surface area contributed by atoms with E-state index in [9.17, 15) is 19.0 Å². The fourth-order valence-electron chi connectivity index (χ4n) is 4.94. The highest BCUT2D eigenvalue weighted by Crippen LogP contribution is 2.43. The highest BCUT2D eigenvalue weighted by atomic mass is 31.2. The number of unbranched alkanes of at least 4 members (excludes halogenated alkanes) is 4. The van der Waals surface area contributed by atoms with Crippen LogP contribution in [0.2, 0.25) is 0 Å². The minimum Gasteiger partial charge on any atom is -0.461 e. The standard InChI is InChI=1S/C49H76NO8P/c1-3-5-7-9-11-13-15-17-19-20-21-22-23-24-25-26-28-30-32-34-36-38-40-42-49(52)58-47(46-57-59(53,54)56-44-43-50)45-55-48(51)41-39-37-35-33-31-29-27-18-16-14-12-10-8-6-4-2/h5-8,11-14,17-19,21-22,24-25,27-28,30-31,33,37,39,47H,3-4,9-10,15-16,20,23,26,29,32,34-36,38,40-46,50H2,1-2H3,(H,53,54)/b7-5-,8-6-,13-11-,14-12-,19-17-,22-21-,25-24-,27-18-,30-28-,33-31-,39-37-. The predicted octanol–water partition coefficient (Wildman–Crippen LogP) is 12.7. The van der Waals surface area contributed by atoms with Gasteiger partial charge < -0.3 is 20.1 Å². The smallest absolute Gasteiger partial charge is 0.461 e. The third-order valence-corrected chi connectivity index (χ3v) is 9.05. The Morgan fingerprint density at radius 3 is 1.37 bits per heavy atom. The molecule has 0 amide bonds. The number of carbonyl (C=O) groups is 2. The zero-order valence-electron chi connectivity index (χ0n) is 36.2. The van der Waals surface area contributed by atoms with Gasteiger partial charge in [-0.3, -0.25) is 18.6 Å². The summed E-state index contributed by atoms with van der Waals surface area (Å²) in [5.41, 5.74) is 5.34. The Labute approximate surface area is 357 Å². The summed E-state index contributed by atoms with van der Waals surface area (Å²) in [6.07, 6.45) is 60.8. The number of hydrogen-bond acceptors (Lipinski definition) is 8. The number of phosphoric ester groups is 1. The summed E-state index contributed by atoms with van der Waals surface area (Å²) < 4.78 is 32.6. The van der Waals surface area contributed by atoms with Crippen molar-refractivity contribution in [2.24, 2.45) is 5.73 Å². The zero-order valence-corrected chi connectivity index (χ0v) is 37.1. The lowest BCUT2D eigenvalue weighted by atomic mass is 10.1. The van der Waals surface area contributed by atoms with E-state index >= 15 is 0 Å². The van der Waals surface area contributed by atoms with Gasteiger partial charge in [-0.25, -0.2) is 4.57 Å². The van der Waals surface area contributed by atoms with Crippen LogP contribution in [0, 0.1) is 0 Å². The molecule has 0 rings (SSSR count). The Morgan fingerprint density at radius 1 is 0.525 bits per heavy atom. The molecule has 3 N–H and O–H groups in total. The summed E-state index contributed by atoms with van der Waals surface area (Å²) in [6, 6.07) is 0. The van der Waals surface area contributed by atoms with E-state index in [2.05, 4.69) is 129 Å². The Balaban J connectivity index is 4.35. The van der Waals surface area contributed by atoms with Crippen LogP contribution < -0.4 is 5.73 Å². The molecule has 9 nitrogen and oxygen atoms in total. The second-order valence-corrected chi connectivity index (χ2v) is 14.9. The monoisotopic (exact) mass is 838 g/mol. The number of rotatable bonds is 38. The minimum atomic E-state index is -4.42. The van der Waals surface area contributed by atoms with Gasteiger partial charge >= 0.3 is 19.8 Å². The fraction of sp³-hybridized carbons (Fsp3) is 0.510. The van der Waals surface area contributed by atoms with Crippen molar-refractivity contribution in [2.45, 2.75) is 136 Å². The van der Waals surface area contributed by atoms with Crippen LogP contribution in [0.4, 0.5) is 0 Å². The summed E-state index contributed by atoms with van der Waals surface area (Å²) in [5, 5.41) is 0. The average molecular weight is 838 g/mol. The maximum Gasteiger partial charge on any atom is 0.472 e. The van der Waals surface area contributed by atoms with Crippen molar-refractivity contribution in [3.8, 4) is 0 Å². The summed E-state index contributed by atoms with van der Waals surface area (Å²) >= 11 is 0. The van der Waals surface area contributed by atoms with E-state index in [-0.39, 0.29) is 32.6 Å². The Hall–Kier alpha value is -3.85. The third kappa shape index (κ3) is 43.6. The van der Waals surface area contributed by atoms with Crippen LogP contribution >= 0.6 is 7.82 Å². The van der Waals surface area contributed by atoms with Gasteiger partial charge in [-0.1, -0.05) is 160 Å². The first-order chi connectivity index (χ1) is 28.8. The van der Waals surface area contributed by atoms with Crippen molar-refractivity contribution in [1.82, 2.24) is 0 Å². The van der Waals surface area contributed by atoms with Gasteiger partial charge in [-0.2, -0.15) is 0 Å². The lowest BCUT2D eigenvalue weighted by Gasteiger charge is -2.19. The topological polar surface area (TPSA) is 134 Å². The number of ether oxygens (including phenoxy) is 2. The zero-order chi connectivity index (χ0) is 43.2. The van der Waals surface area contributed by atoms with Gasteiger partial charge in [0.15, 0.2) is 6.10 Å². The van der Waals surface area contributed by atoms with Crippen LogP contribution in [-0.2, 0) is 32.7 Å². The van der Waals surface area contributed by atoms with Crippen LogP contribution in [0.15, 0.2) is 134 Å². The van der Waals surface area contributed by atoms with Crippen LogP contribution in [0.5, 0.6) is 0 Å². The van der Waals surface area contributed by atoms with Crippen molar-refractivity contribution in [3.63, 3.8) is 0 Å². The van der Waals surface area contributed by atoms with Gasteiger partial charge in [0.25, 0.3) is 0 Å². The number of allylic oxidation sites excluding steroid dienone is 21. The van der Waals surface area contributed by atoms with Crippen LogP contribution in [-0.4, -0.2) is 49.3 Å². The van der Waals surface area contributed by atoms with Gasteiger partial charge in [0, 0.05) is 13.0 Å². The molecule has 10 heteroatoms. The number of hydrogen-bond donors (Lipinski definition) is 2. The Morgan fingerprint density at radius 2 is 0.932 bits per heavy atom. The largest absolute Gasteiger partial charge is 0.472 e. The van der Waals surface area contributed by atoms with E-state index in [1.807, 2.05) is 12.2 Å². The first kappa shape index (κ1) is 55.2. The van der Waals surface area contributed by atoms with Crippen LogP contribution in [0.1, 0.15) is 129 Å². The summed E-state index contributed by atoms with van der Waals surface area (Å²) in [5.74, 6) is -1.02. The Kier molecular flexibility index (Phi) is 40.9. The van der Waals surface area contributed by atoms with Crippen molar-refractivity contribution >= 4 is 19.8 Å². The number of nitrogens with two attached hydrogens (primary N) is 1. The fourth-order valence-corrected chi connectivity index (χ4v) is 5.71. The lowest BCUT2D eigenvalue weighted by Crippen LogP contribution is -2.29. The second-order valence-electron chi connectivity index (χ2n) is 13.5. The molecule has 0 spiro atoms. The molecule has 0 aromatic rings. The quantitative estimate of drug-likeness (QED) is 0.0270. The molecule has 0 radical (unpaired) electrons. The molecule has 0 heterocycles. The van der Waals surface area contributed by atoms with Gasteiger partial charge in [0.05, 0.1) is 19.6 Å². The van der Waals surface area contributed by atoms with E-state index in [0.29, 0.717) is 12.8 Å². The van der Waals surface area contributed by atoms with Gasteiger partial charge in [0.1, 0.15) is 6.61 Å².